The SMILES string of the molecule is CCNc1nnc(S[C@H](C)C(=O)Nc2sc3c(c2C#N)CCCCC3)s1. The highest BCUT2D eigenvalue weighted by molar-refractivity contribution is 8.02. The maximum Gasteiger partial charge on any atom is 0.238 e. The van der Waals surface area contributed by atoms with Crippen LogP contribution in [-0.2, 0) is 17.6 Å². The molecular weight excluding hydrogens is 386 g/mol. The summed E-state index contributed by atoms with van der Waals surface area (Å²) in [5, 5.41) is 24.9. The minimum atomic E-state index is -0.314. The number of hydrogen-bond donors (Lipinski definition) is 2. The summed E-state index contributed by atoms with van der Waals surface area (Å²) in [4.78, 5) is 13.9. The number of carbonyl (C=O) groups excluding carboxylic acids is 1. The molecule has 138 valence electrons. The molecule has 1 atom stereocenters. The second-order valence-corrected chi connectivity index (χ2v) is 9.70. The van der Waals surface area contributed by atoms with E-state index in [1.54, 1.807) is 11.3 Å². The molecule has 0 aliphatic heterocycles. The second kappa shape index (κ2) is 8.84. The van der Waals surface area contributed by atoms with Crippen molar-refractivity contribution in [2.75, 3.05) is 17.2 Å². The van der Waals surface area contributed by atoms with E-state index in [0.717, 1.165) is 47.3 Å². The van der Waals surface area contributed by atoms with Gasteiger partial charge in [-0.3, -0.25) is 4.79 Å². The molecule has 6 nitrogen and oxygen atoms in total. The van der Waals surface area contributed by atoms with E-state index in [2.05, 4.69) is 26.9 Å². The van der Waals surface area contributed by atoms with Crippen LogP contribution in [0.15, 0.2) is 4.34 Å². The summed E-state index contributed by atoms with van der Waals surface area (Å²) in [6.45, 7) is 4.63. The number of nitrogens with zero attached hydrogens (tertiary/aromatic N) is 3. The topological polar surface area (TPSA) is 90.7 Å². The molecule has 1 aliphatic rings. The predicted molar refractivity (Wildman–Crippen MR) is 108 cm³/mol. The van der Waals surface area contributed by atoms with Gasteiger partial charge in [0, 0.05) is 11.4 Å². The van der Waals surface area contributed by atoms with E-state index in [-0.39, 0.29) is 11.2 Å². The standard InChI is InChI=1S/C17H21N5OS3/c1-3-19-16-21-22-17(26-16)24-10(2)14(23)20-15-12(9-18)11-7-5-4-6-8-13(11)25-15/h10H,3-8H2,1-2H3,(H,19,21)(H,20,23)/t10-/m1/s1. The smallest absolute Gasteiger partial charge is 0.238 e. The highest BCUT2D eigenvalue weighted by Crippen LogP contribution is 2.37. The summed E-state index contributed by atoms with van der Waals surface area (Å²) in [6, 6.07) is 2.30. The number of amides is 1. The molecule has 2 aromatic rings. The zero-order valence-corrected chi connectivity index (χ0v) is 17.2. The van der Waals surface area contributed by atoms with Crippen LogP contribution in [0.4, 0.5) is 10.1 Å². The predicted octanol–water partition coefficient (Wildman–Crippen LogP) is 4.29. The van der Waals surface area contributed by atoms with Gasteiger partial charge >= 0.3 is 0 Å². The van der Waals surface area contributed by atoms with E-state index in [9.17, 15) is 10.1 Å². The van der Waals surface area contributed by atoms with Gasteiger partial charge in [-0.15, -0.1) is 21.5 Å². The van der Waals surface area contributed by atoms with Crippen molar-refractivity contribution in [2.45, 2.75) is 55.5 Å². The molecule has 0 aromatic carbocycles. The van der Waals surface area contributed by atoms with Crippen molar-refractivity contribution >= 4 is 50.5 Å². The van der Waals surface area contributed by atoms with Gasteiger partial charge in [-0.2, -0.15) is 5.26 Å². The third kappa shape index (κ3) is 4.37. The minimum Gasteiger partial charge on any atom is -0.360 e. The van der Waals surface area contributed by atoms with Gasteiger partial charge in [-0.1, -0.05) is 29.5 Å². The summed E-state index contributed by atoms with van der Waals surface area (Å²) < 4.78 is 0.756. The van der Waals surface area contributed by atoms with Gasteiger partial charge in [0.1, 0.15) is 11.1 Å². The van der Waals surface area contributed by atoms with Gasteiger partial charge < -0.3 is 10.6 Å². The maximum absolute atomic E-state index is 12.6. The highest BCUT2D eigenvalue weighted by Gasteiger charge is 2.23. The molecule has 9 heteroatoms. The van der Waals surface area contributed by atoms with Crippen LogP contribution >= 0.6 is 34.4 Å². The molecule has 0 unspecified atom stereocenters. The first-order valence-corrected chi connectivity index (χ1v) is 11.2. The zero-order valence-electron chi connectivity index (χ0n) is 14.8. The Morgan fingerprint density at radius 1 is 1.31 bits per heavy atom. The number of thiophene rings is 1. The van der Waals surface area contributed by atoms with E-state index in [0.29, 0.717) is 10.6 Å². The Morgan fingerprint density at radius 3 is 2.88 bits per heavy atom. The summed E-state index contributed by atoms with van der Waals surface area (Å²) in [7, 11) is 0. The van der Waals surface area contributed by atoms with Gasteiger partial charge in [-0.05, 0) is 45.1 Å². The van der Waals surface area contributed by atoms with E-state index >= 15 is 0 Å². The lowest BCUT2D eigenvalue weighted by atomic mass is 10.1. The lowest BCUT2D eigenvalue weighted by molar-refractivity contribution is -0.115. The summed E-state index contributed by atoms with van der Waals surface area (Å²) >= 11 is 4.39. The number of aryl methyl sites for hydroxylation is 1. The number of aromatic nitrogens is 2. The van der Waals surface area contributed by atoms with Crippen LogP contribution in [0.3, 0.4) is 0 Å². The number of carbonyl (C=O) groups is 1. The first-order valence-electron chi connectivity index (χ1n) is 8.72. The molecule has 0 saturated carbocycles. The van der Waals surface area contributed by atoms with Crippen LogP contribution in [0.5, 0.6) is 0 Å². The number of fused-ring (bicyclic) bond motifs is 1. The first-order chi connectivity index (χ1) is 12.6. The molecule has 1 amide bonds. The molecule has 1 aliphatic carbocycles. The number of nitrogens with one attached hydrogen (secondary N) is 2. The molecule has 2 aromatic heterocycles. The van der Waals surface area contributed by atoms with Crippen LogP contribution in [0.2, 0.25) is 0 Å². The molecule has 0 radical (unpaired) electrons. The third-order valence-electron chi connectivity index (χ3n) is 4.15. The summed E-state index contributed by atoms with van der Waals surface area (Å²) in [5.41, 5.74) is 1.80. The van der Waals surface area contributed by atoms with Crippen molar-refractivity contribution in [3.8, 4) is 6.07 Å². The molecule has 0 spiro atoms. The Balaban J connectivity index is 1.68. The number of nitriles is 1. The van der Waals surface area contributed by atoms with Crippen LogP contribution in [-0.4, -0.2) is 27.9 Å². The van der Waals surface area contributed by atoms with Crippen molar-refractivity contribution in [2.24, 2.45) is 0 Å². The van der Waals surface area contributed by atoms with Gasteiger partial charge in [0.15, 0.2) is 4.34 Å². The third-order valence-corrected chi connectivity index (χ3v) is 7.42. The van der Waals surface area contributed by atoms with E-state index < -0.39 is 0 Å². The van der Waals surface area contributed by atoms with Gasteiger partial charge in [-0.25, -0.2) is 0 Å². The van der Waals surface area contributed by atoms with Gasteiger partial charge in [0.05, 0.1) is 10.8 Å². The normalized spacial score (nSPS) is 14.8. The van der Waals surface area contributed by atoms with Crippen molar-refractivity contribution in [1.82, 2.24) is 10.2 Å². The van der Waals surface area contributed by atoms with Crippen LogP contribution in [0.1, 0.15) is 49.1 Å². The van der Waals surface area contributed by atoms with E-state index in [4.69, 9.17) is 0 Å². The lowest BCUT2D eigenvalue weighted by Crippen LogP contribution is -2.22. The summed E-state index contributed by atoms with van der Waals surface area (Å²) in [6.07, 6.45) is 5.42. The van der Waals surface area contributed by atoms with E-state index in [1.807, 2.05) is 13.8 Å². The van der Waals surface area contributed by atoms with E-state index in [1.165, 1.54) is 34.4 Å². The zero-order chi connectivity index (χ0) is 18.5. The van der Waals surface area contributed by atoms with Crippen molar-refractivity contribution in [3.63, 3.8) is 0 Å². The van der Waals surface area contributed by atoms with Crippen molar-refractivity contribution in [3.05, 3.63) is 16.0 Å². The molecule has 0 saturated heterocycles. The molecule has 0 fully saturated rings. The fourth-order valence-corrected chi connectivity index (χ4v) is 6.05. The Morgan fingerprint density at radius 2 is 2.12 bits per heavy atom. The average Bonchev–Trinajstić information content (AvgIpc) is 3.11. The number of thioether (sulfide) groups is 1. The molecule has 26 heavy (non-hydrogen) atoms. The van der Waals surface area contributed by atoms with Gasteiger partial charge in [0.2, 0.25) is 11.0 Å². The van der Waals surface area contributed by atoms with Crippen LogP contribution in [0.25, 0.3) is 0 Å². The second-order valence-electron chi connectivity index (χ2n) is 6.03. The number of anilines is 2. The fraction of sp³-hybridized carbons (Fsp3) is 0.529. The van der Waals surface area contributed by atoms with Crippen molar-refractivity contribution < 1.29 is 4.79 Å². The maximum atomic E-state index is 12.6. The molecule has 3 rings (SSSR count). The number of rotatable bonds is 6. The summed E-state index contributed by atoms with van der Waals surface area (Å²) in [5.74, 6) is -0.108. The van der Waals surface area contributed by atoms with Crippen molar-refractivity contribution in [1.29, 1.82) is 5.26 Å². The monoisotopic (exact) mass is 407 g/mol. The largest absolute Gasteiger partial charge is 0.360 e. The first kappa shape index (κ1) is 19.1. The Hall–Kier alpha value is -1.63. The Labute approximate surface area is 165 Å². The van der Waals surface area contributed by atoms with Crippen LogP contribution < -0.4 is 10.6 Å². The Bertz CT molecular complexity index is 823. The number of hydrogen-bond acceptors (Lipinski definition) is 8. The molecule has 0 bridgehead atoms. The molecular formula is C17H21N5OS3. The lowest BCUT2D eigenvalue weighted by Gasteiger charge is -2.09. The Kier molecular flexibility index (Phi) is 6.51. The van der Waals surface area contributed by atoms with Gasteiger partial charge in [0.25, 0.3) is 0 Å². The highest BCUT2D eigenvalue weighted by atomic mass is 32.2. The molecule has 2 N–H and O–H groups in total. The van der Waals surface area contributed by atoms with Crippen LogP contribution in [0, 0.1) is 11.3 Å². The average molecular weight is 408 g/mol. The minimum absolute atomic E-state index is 0.108. The quantitative estimate of drug-likeness (QED) is 0.548. The fourth-order valence-electron chi connectivity index (χ4n) is 2.85. The molecule has 2 heterocycles.